The SMILES string of the molecule is CCCOCCOCCOc1ccc(-c2cc(-c3ccccc3)c(/N=C3\N=C(c4ccc(OCCNC(=O)CCC(=O)ON5C(=O)CCC5=O)cc4)C=C3c3ccccc3)n2B(F)F)cc1. The van der Waals surface area contributed by atoms with E-state index in [1.54, 1.807) is 42.5 Å². The number of rotatable bonds is 23. The highest BCUT2D eigenvalue weighted by atomic mass is 19.2. The van der Waals surface area contributed by atoms with E-state index in [-0.39, 0.29) is 56.2 Å². The van der Waals surface area contributed by atoms with Gasteiger partial charge in [0.2, 0.25) is 5.91 Å². The molecular weight excluding hydrogens is 851 g/mol. The van der Waals surface area contributed by atoms with E-state index in [0.717, 1.165) is 22.0 Å². The number of carbonyl (C=O) groups is 4. The lowest BCUT2D eigenvalue weighted by Gasteiger charge is -2.12. The van der Waals surface area contributed by atoms with Crippen molar-refractivity contribution in [3.63, 3.8) is 0 Å². The van der Waals surface area contributed by atoms with E-state index in [0.29, 0.717) is 77.6 Å². The van der Waals surface area contributed by atoms with Gasteiger partial charge in [0, 0.05) is 48.3 Å². The summed E-state index contributed by atoms with van der Waals surface area (Å²) in [5, 5.41) is 3.10. The molecule has 0 radical (unpaired) electrons. The van der Waals surface area contributed by atoms with Crippen LogP contribution in [-0.4, -0.2) is 98.4 Å². The summed E-state index contributed by atoms with van der Waals surface area (Å²) in [5.74, 6) is -1.09. The fraction of sp³-hybridized carbons (Fsp3) is 0.265. The van der Waals surface area contributed by atoms with Gasteiger partial charge >= 0.3 is 13.4 Å². The number of amidine groups is 1. The van der Waals surface area contributed by atoms with Crippen LogP contribution in [0.1, 0.15) is 50.2 Å². The highest BCUT2D eigenvalue weighted by Gasteiger charge is 2.33. The number of halogens is 2. The lowest BCUT2D eigenvalue weighted by molar-refractivity contribution is -0.197. The minimum absolute atomic E-state index is 0.0201. The van der Waals surface area contributed by atoms with Gasteiger partial charge in [-0.05, 0) is 83.8 Å². The predicted octanol–water partition coefficient (Wildman–Crippen LogP) is 7.92. The first-order valence-corrected chi connectivity index (χ1v) is 21.7. The zero-order valence-corrected chi connectivity index (χ0v) is 36.3. The van der Waals surface area contributed by atoms with Gasteiger partial charge < -0.3 is 33.6 Å². The zero-order valence-electron chi connectivity index (χ0n) is 36.3. The lowest BCUT2D eigenvalue weighted by atomic mass is 10.0. The molecule has 0 aliphatic carbocycles. The molecule has 0 atom stereocenters. The van der Waals surface area contributed by atoms with Gasteiger partial charge in [0.25, 0.3) is 11.8 Å². The minimum atomic E-state index is -2.95. The second-order valence-corrected chi connectivity index (χ2v) is 15.0. The summed E-state index contributed by atoms with van der Waals surface area (Å²) in [6.45, 7) is 4.70. The average Bonchev–Trinajstić information content (AvgIpc) is 4.03. The third kappa shape index (κ3) is 12.3. The largest absolute Gasteiger partial charge is 0.679 e. The molecule has 7 rings (SSSR count). The number of benzene rings is 4. The van der Waals surface area contributed by atoms with E-state index < -0.39 is 31.1 Å². The molecule has 66 heavy (non-hydrogen) atoms. The normalized spacial score (nSPS) is 14.0. The van der Waals surface area contributed by atoms with Crippen molar-refractivity contribution < 1.29 is 51.6 Å². The molecule has 14 nitrogen and oxygen atoms in total. The molecule has 1 fully saturated rings. The molecule has 1 aromatic heterocycles. The maximum Gasteiger partial charge on any atom is 0.679 e. The smallest absolute Gasteiger partial charge is 0.492 e. The number of hydrogen-bond acceptors (Lipinski definition) is 10. The quantitative estimate of drug-likeness (QED) is 0.0391. The van der Waals surface area contributed by atoms with Crippen molar-refractivity contribution in [1.29, 1.82) is 0 Å². The summed E-state index contributed by atoms with van der Waals surface area (Å²) >= 11 is 0. The van der Waals surface area contributed by atoms with Crippen molar-refractivity contribution in [3.05, 3.63) is 132 Å². The third-order valence-corrected chi connectivity index (χ3v) is 10.3. The maximum absolute atomic E-state index is 15.4. The van der Waals surface area contributed by atoms with Gasteiger partial charge in [0.05, 0.1) is 38.5 Å². The molecule has 3 heterocycles. The fourth-order valence-corrected chi connectivity index (χ4v) is 7.05. The number of hydrogen-bond donors (Lipinski definition) is 1. The second-order valence-electron chi connectivity index (χ2n) is 15.0. The first-order valence-electron chi connectivity index (χ1n) is 21.7. The van der Waals surface area contributed by atoms with Gasteiger partial charge in [-0.25, -0.2) is 14.8 Å². The van der Waals surface area contributed by atoms with Crippen LogP contribution in [0.5, 0.6) is 11.5 Å². The maximum atomic E-state index is 15.4. The number of ether oxygens (including phenoxy) is 4. The van der Waals surface area contributed by atoms with E-state index in [1.807, 2.05) is 85.8 Å². The Kier molecular flexibility index (Phi) is 16.4. The van der Waals surface area contributed by atoms with E-state index in [4.69, 9.17) is 33.8 Å². The molecular formula is C49H48BF2N5O9. The van der Waals surface area contributed by atoms with Crippen LogP contribution in [0.3, 0.4) is 0 Å². The van der Waals surface area contributed by atoms with Crippen molar-refractivity contribution in [1.82, 2.24) is 14.9 Å². The Hall–Kier alpha value is -7.24. The molecule has 2 aliphatic heterocycles. The summed E-state index contributed by atoms with van der Waals surface area (Å²) in [5.41, 5.74) is 4.75. The number of allylic oxidation sites excluding steroid dienone is 1. The number of imide groups is 1. The number of aromatic nitrogens is 1. The van der Waals surface area contributed by atoms with Crippen molar-refractivity contribution in [2.45, 2.75) is 39.0 Å². The summed E-state index contributed by atoms with van der Waals surface area (Å²) < 4.78 is 54.4. The van der Waals surface area contributed by atoms with Gasteiger partial charge in [-0.15, -0.1) is 5.06 Å². The summed E-state index contributed by atoms with van der Waals surface area (Å²) in [6.07, 6.45) is 2.27. The lowest BCUT2D eigenvalue weighted by Crippen LogP contribution is -2.33. The molecule has 4 aromatic carbocycles. The van der Waals surface area contributed by atoms with E-state index in [2.05, 4.69) is 5.32 Å². The number of hydroxylamine groups is 2. The van der Waals surface area contributed by atoms with Crippen LogP contribution in [0.2, 0.25) is 0 Å². The van der Waals surface area contributed by atoms with Crippen molar-refractivity contribution >= 4 is 54.0 Å². The Morgan fingerprint density at radius 1 is 0.712 bits per heavy atom. The number of amides is 3. The van der Waals surface area contributed by atoms with Gasteiger partial charge in [0.1, 0.15) is 30.5 Å². The molecule has 17 heteroatoms. The van der Waals surface area contributed by atoms with Crippen LogP contribution < -0.4 is 14.8 Å². The first kappa shape index (κ1) is 46.7. The Labute approximate surface area is 381 Å². The standard InChI is InChI=1S/C49H48BF2N5O9/c1-2-26-62-28-29-63-30-31-65-39-19-15-37(16-20-39)43-33-41(35-11-7-4-8-12-35)49(56(43)50(51)52)55-48-40(34-9-5-3-6-10-34)32-42(54-48)36-13-17-38(18-14-36)64-27-25-53-44(58)21-24-47(61)66-57-45(59)22-23-46(57)60/h3-20,32-33H,2,21-31H2,1H3,(H,53,58)/b55-48-. The van der Waals surface area contributed by atoms with Crippen molar-refractivity contribution in [2.75, 3.05) is 46.2 Å². The van der Waals surface area contributed by atoms with Crippen LogP contribution in [0.25, 0.3) is 28.0 Å². The van der Waals surface area contributed by atoms with Crippen LogP contribution in [0, 0.1) is 0 Å². The Bertz CT molecular complexity index is 2550. The molecule has 0 bridgehead atoms. The molecule has 0 unspecified atom stereocenters. The fourth-order valence-electron chi connectivity index (χ4n) is 7.05. The highest BCUT2D eigenvalue weighted by molar-refractivity contribution is 6.43. The second kappa shape index (κ2) is 23.1. The minimum Gasteiger partial charge on any atom is -0.492 e. The Balaban J connectivity index is 1.06. The first-order chi connectivity index (χ1) is 32.2. The van der Waals surface area contributed by atoms with Crippen LogP contribution >= 0.6 is 0 Å². The molecule has 0 saturated carbocycles. The predicted molar refractivity (Wildman–Crippen MR) is 246 cm³/mol. The summed E-state index contributed by atoms with van der Waals surface area (Å²) in [7, 11) is -2.95. The van der Waals surface area contributed by atoms with Crippen molar-refractivity contribution in [2.24, 2.45) is 9.98 Å². The Morgan fingerprint density at radius 2 is 1.30 bits per heavy atom. The van der Waals surface area contributed by atoms with E-state index in [9.17, 15) is 19.2 Å². The highest BCUT2D eigenvalue weighted by Crippen LogP contribution is 2.41. The monoisotopic (exact) mass is 899 g/mol. The summed E-state index contributed by atoms with van der Waals surface area (Å²) in [6, 6.07) is 34.6. The number of nitrogens with zero attached hydrogens (tertiary/aromatic N) is 4. The molecule has 1 saturated heterocycles. The van der Waals surface area contributed by atoms with Gasteiger partial charge in [-0.2, -0.15) is 0 Å². The van der Waals surface area contributed by atoms with Crippen LogP contribution in [-0.2, 0) is 33.5 Å². The third-order valence-electron chi connectivity index (χ3n) is 10.3. The zero-order chi connectivity index (χ0) is 46.3. The van der Waals surface area contributed by atoms with Crippen molar-refractivity contribution in [3.8, 4) is 33.9 Å². The van der Waals surface area contributed by atoms with Crippen LogP contribution in [0.4, 0.5) is 14.4 Å². The van der Waals surface area contributed by atoms with E-state index in [1.165, 1.54) is 0 Å². The molecule has 2 aliphatic rings. The molecule has 0 spiro atoms. The van der Waals surface area contributed by atoms with E-state index >= 15 is 8.63 Å². The molecule has 340 valence electrons. The summed E-state index contributed by atoms with van der Waals surface area (Å²) in [4.78, 5) is 62.2. The molecule has 3 amide bonds. The molecule has 1 N–H and O–H groups in total. The number of aliphatic imine (C=N–C) groups is 2. The van der Waals surface area contributed by atoms with Gasteiger partial charge in [-0.1, -0.05) is 67.6 Å². The number of carbonyl (C=O) groups excluding carboxylic acids is 4. The molecule has 5 aromatic rings. The van der Waals surface area contributed by atoms with Gasteiger partial charge in [-0.3, -0.25) is 23.0 Å². The average molecular weight is 900 g/mol. The topological polar surface area (TPSA) is 159 Å². The van der Waals surface area contributed by atoms with Crippen LogP contribution in [0.15, 0.2) is 131 Å². The number of nitrogens with one attached hydrogen (secondary N) is 1. The van der Waals surface area contributed by atoms with Gasteiger partial charge in [0.15, 0.2) is 5.84 Å². The Morgan fingerprint density at radius 3 is 1.94 bits per heavy atom.